The van der Waals surface area contributed by atoms with E-state index in [1.165, 1.54) is 6.54 Å². The first-order chi connectivity index (χ1) is 7.89. The molecule has 0 radical (unpaired) electrons. The van der Waals surface area contributed by atoms with Crippen LogP contribution in [-0.2, 0) is 17.1 Å². The van der Waals surface area contributed by atoms with Crippen LogP contribution < -0.4 is 5.32 Å². The van der Waals surface area contributed by atoms with E-state index in [1.807, 2.05) is 60.7 Å². The van der Waals surface area contributed by atoms with E-state index in [9.17, 15) is 0 Å². The van der Waals surface area contributed by atoms with Gasteiger partial charge in [-0.1, -0.05) is 0 Å². The van der Waals surface area contributed by atoms with Crippen molar-refractivity contribution in [1.82, 2.24) is 10.2 Å². The molecular formula is C14H20FeN2-6. The molecule has 0 bridgehead atoms. The van der Waals surface area contributed by atoms with Gasteiger partial charge in [0.2, 0.25) is 0 Å². The summed E-state index contributed by atoms with van der Waals surface area (Å²) in [5.74, 6) is 0. The van der Waals surface area contributed by atoms with E-state index in [4.69, 9.17) is 0 Å². The fraction of sp³-hybridized carbons (Fsp3) is 0.286. The van der Waals surface area contributed by atoms with Gasteiger partial charge < -0.3 is 35.6 Å². The average Bonchev–Trinajstić information content (AvgIpc) is 3.07. The van der Waals surface area contributed by atoms with E-state index in [2.05, 4.69) is 17.3 Å². The topological polar surface area (TPSA) is 15.3 Å². The minimum absolute atomic E-state index is 0. The fourth-order valence-corrected chi connectivity index (χ4v) is 1.26. The van der Waals surface area contributed by atoms with Crippen molar-refractivity contribution < 1.29 is 17.1 Å². The van der Waals surface area contributed by atoms with Crippen LogP contribution in [0.2, 0.25) is 0 Å². The molecule has 1 aliphatic rings. The van der Waals surface area contributed by atoms with Crippen LogP contribution in [0.1, 0.15) is 0 Å². The van der Waals surface area contributed by atoms with E-state index >= 15 is 0 Å². The summed E-state index contributed by atoms with van der Waals surface area (Å²) in [4.78, 5) is 2.25. The molecule has 1 N–H and O–H groups in total. The molecule has 0 saturated carbocycles. The molecule has 1 heterocycles. The molecule has 2 aromatic rings. The van der Waals surface area contributed by atoms with Crippen LogP contribution in [0.3, 0.4) is 0 Å². The van der Waals surface area contributed by atoms with Gasteiger partial charge >= 0.3 is 0 Å². The van der Waals surface area contributed by atoms with Crippen LogP contribution in [0, 0.1) is 0 Å². The molecule has 0 unspecified atom stereocenters. The van der Waals surface area contributed by atoms with E-state index in [0.29, 0.717) is 0 Å². The monoisotopic (exact) mass is 272 g/mol. The Hall–Kier alpha value is -0.861. The van der Waals surface area contributed by atoms with Crippen LogP contribution in [-0.4, -0.2) is 31.7 Å². The Morgan fingerprint density at radius 1 is 1.00 bits per heavy atom. The third-order valence-corrected chi connectivity index (χ3v) is 2.16. The first-order valence-electron chi connectivity index (χ1n) is 5.62. The molecule has 0 spiro atoms. The van der Waals surface area contributed by atoms with Crippen molar-refractivity contribution in [2.45, 2.75) is 0 Å². The van der Waals surface area contributed by atoms with Crippen molar-refractivity contribution in [3.8, 4) is 0 Å². The zero-order valence-electron chi connectivity index (χ0n) is 10.2. The van der Waals surface area contributed by atoms with Crippen molar-refractivity contribution in [3.05, 3.63) is 60.7 Å². The minimum Gasteiger partial charge on any atom is -0.748 e. The van der Waals surface area contributed by atoms with Gasteiger partial charge in [0.25, 0.3) is 0 Å². The van der Waals surface area contributed by atoms with Gasteiger partial charge in [0.1, 0.15) is 0 Å². The molecule has 1 aliphatic heterocycles. The Bertz CT molecular complexity index is 236. The molecule has 3 heteroatoms. The molecule has 3 rings (SSSR count). The molecule has 0 atom stereocenters. The van der Waals surface area contributed by atoms with E-state index in [-0.39, 0.29) is 17.1 Å². The van der Waals surface area contributed by atoms with Gasteiger partial charge in [-0.05, 0) is 7.05 Å². The summed E-state index contributed by atoms with van der Waals surface area (Å²) in [7, 11) is 2.11. The second-order valence-corrected chi connectivity index (χ2v) is 3.66. The maximum atomic E-state index is 3.20. The quantitative estimate of drug-likeness (QED) is 0.584. The molecular weight excluding hydrogens is 252 g/mol. The second-order valence-electron chi connectivity index (χ2n) is 3.66. The third kappa shape index (κ3) is 10.0. The summed E-state index contributed by atoms with van der Waals surface area (Å²) in [6, 6.07) is 20.0. The van der Waals surface area contributed by atoms with Gasteiger partial charge in [0.15, 0.2) is 0 Å². The van der Waals surface area contributed by atoms with E-state index < -0.39 is 0 Å². The number of rotatable bonds is 0. The standard InChI is InChI=1S/2C5H5.C4H10N2.Fe/c2*1-2-4-5-3-1;1-6-3-2-5-4-6;/h2*1-5H;5H,2-4H2,1H3;/q-5;-1;;. The van der Waals surface area contributed by atoms with E-state index in [0.717, 1.165) is 13.2 Å². The van der Waals surface area contributed by atoms with Crippen molar-refractivity contribution in [3.63, 3.8) is 0 Å². The van der Waals surface area contributed by atoms with Crippen molar-refractivity contribution in [2.75, 3.05) is 26.8 Å². The maximum Gasteiger partial charge on any atom is 0.0478 e. The summed E-state index contributed by atoms with van der Waals surface area (Å²) in [6.07, 6.45) is 0. The molecule has 100 valence electrons. The molecule has 1 saturated heterocycles. The number of hydrogen-bond acceptors (Lipinski definition) is 2. The van der Waals surface area contributed by atoms with Crippen molar-refractivity contribution in [1.29, 1.82) is 0 Å². The van der Waals surface area contributed by atoms with Crippen LogP contribution in [0.4, 0.5) is 0 Å². The maximum absolute atomic E-state index is 3.20. The Morgan fingerprint density at radius 2 is 1.53 bits per heavy atom. The number of likely N-dealkylation sites (N-methyl/N-ethyl adjacent to an activating group) is 1. The zero-order chi connectivity index (χ0) is 11.5. The van der Waals surface area contributed by atoms with Gasteiger partial charge in [0, 0.05) is 36.8 Å². The molecule has 17 heavy (non-hydrogen) atoms. The van der Waals surface area contributed by atoms with E-state index in [1.54, 1.807) is 0 Å². The van der Waals surface area contributed by atoms with Gasteiger partial charge in [-0.3, -0.25) is 4.90 Å². The Labute approximate surface area is 115 Å². The normalized spacial score (nSPS) is 13.7. The predicted molar refractivity (Wildman–Crippen MR) is 69.6 cm³/mol. The van der Waals surface area contributed by atoms with Crippen LogP contribution in [0.25, 0.3) is 0 Å². The molecule has 0 amide bonds. The Kier molecular flexibility index (Phi) is 11.0. The second kappa shape index (κ2) is 11.6. The zero-order valence-corrected chi connectivity index (χ0v) is 11.3. The predicted octanol–water partition coefficient (Wildman–Crippen LogP) is 2.29. The Morgan fingerprint density at radius 3 is 1.71 bits per heavy atom. The van der Waals surface area contributed by atoms with Crippen LogP contribution >= 0.6 is 0 Å². The first kappa shape index (κ1) is 16.1. The van der Waals surface area contributed by atoms with Gasteiger partial charge in [-0.15, -0.1) is 0 Å². The number of nitrogens with zero attached hydrogens (tertiary/aromatic N) is 1. The summed E-state index contributed by atoms with van der Waals surface area (Å²) in [5.41, 5.74) is 0. The van der Waals surface area contributed by atoms with Gasteiger partial charge in [0.05, 0.1) is 0 Å². The summed E-state index contributed by atoms with van der Waals surface area (Å²) < 4.78 is 0. The van der Waals surface area contributed by atoms with Crippen molar-refractivity contribution in [2.24, 2.45) is 0 Å². The summed E-state index contributed by atoms with van der Waals surface area (Å²) in [5, 5.41) is 3.20. The molecule has 1 fully saturated rings. The average molecular weight is 272 g/mol. The first-order valence-corrected chi connectivity index (χ1v) is 5.62. The van der Waals surface area contributed by atoms with Crippen LogP contribution in [0.15, 0.2) is 60.7 Å². The number of hydrogen-bond donors (Lipinski definition) is 1. The van der Waals surface area contributed by atoms with Gasteiger partial charge in [-0.25, -0.2) is 12.1 Å². The Balaban J connectivity index is 0.000000221. The molecule has 2 aromatic carbocycles. The fourth-order valence-electron chi connectivity index (χ4n) is 1.26. The van der Waals surface area contributed by atoms with Crippen LogP contribution in [0.5, 0.6) is 0 Å². The summed E-state index contributed by atoms with van der Waals surface area (Å²) in [6.45, 7) is 3.44. The number of nitrogens with one attached hydrogen (secondary N) is 1. The van der Waals surface area contributed by atoms with Gasteiger partial charge in [-0.2, -0.15) is 18.2 Å². The smallest absolute Gasteiger partial charge is 0.0478 e. The molecule has 2 nitrogen and oxygen atoms in total. The molecule has 0 aliphatic carbocycles. The molecule has 0 aromatic heterocycles. The minimum atomic E-state index is 0. The van der Waals surface area contributed by atoms with Crippen molar-refractivity contribution >= 4 is 0 Å². The SMILES string of the molecule is CN1CCNC1.[Fe].[cH-]1[cH-][cH-][cH-][cH-]1.c1cc[cH-]c1. The third-order valence-electron chi connectivity index (χ3n) is 2.16. The largest absolute Gasteiger partial charge is 0.748 e. The summed E-state index contributed by atoms with van der Waals surface area (Å²) >= 11 is 0.